The molecule has 0 unspecified atom stereocenters. The first-order valence-electron chi connectivity index (χ1n) is 8.02. The van der Waals surface area contributed by atoms with Gasteiger partial charge in [0.25, 0.3) is 5.56 Å². The summed E-state index contributed by atoms with van der Waals surface area (Å²) in [5, 5.41) is 12.3. The highest BCUT2D eigenvalue weighted by molar-refractivity contribution is 7.71. The zero-order valence-electron chi connectivity index (χ0n) is 15.0. The van der Waals surface area contributed by atoms with Gasteiger partial charge in [0.05, 0.1) is 6.21 Å². The highest BCUT2D eigenvalue weighted by Gasteiger charge is 2.21. The third kappa shape index (κ3) is 2.95. The van der Waals surface area contributed by atoms with Crippen LogP contribution >= 0.6 is 12.2 Å². The molecule has 0 saturated carbocycles. The van der Waals surface area contributed by atoms with Gasteiger partial charge in [0.2, 0.25) is 4.77 Å². The summed E-state index contributed by atoms with van der Waals surface area (Å²) in [6.07, 6.45) is 1.69. The van der Waals surface area contributed by atoms with Crippen molar-refractivity contribution in [3.63, 3.8) is 0 Å². The Bertz CT molecular complexity index is 1100. The average molecular weight is 355 g/mol. The fraction of sp³-hybridized carbons (Fsp3) is 0.333. The molecule has 0 amide bonds. The van der Waals surface area contributed by atoms with Crippen molar-refractivity contribution in [2.24, 2.45) is 12.1 Å². The lowest BCUT2D eigenvalue weighted by molar-refractivity contribution is 0.529. The molecule has 25 heavy (non-hydrogen) atoms. The van der Waals surface area contributed by atoms with Gasteiger partial charge in [-0.2, -0.15) is 14.9 Å². The normalized spacial score (nSPS) is 12.4. The molecule has 1 aromatic carbocycles. The first-order chi connectivity index (χ1) is 11.7. The van der Waals surface area contributed by atoms with Crippen LogP contribution in [0.4, 0.5) is 0 Å². The molecule has 0 aliphatic carbocycles. The van der Waals surface area contributed by atoms with E-state index in [9.17, 15) is 4.79 Å². The van der Waals surface area contributed by atoms with Crippen molar-refractivity contribution < 1.29 is 0 Å². The largest absolute Gasteiger partial charge is 0.347 e. The van der Waals surface area contributed by atoms with E-state index in [-0.39, 0.29) is 10.3 Å². The third-order valence-corrected chi connectivity index (χ3v) is 4.58. The predicted octanol–water partition coefficient (Wildman–Crippen LogP) is 3.28. The van der Waals surface area contributed by atoms with Gasteiger partial charge in [-0.25, -0.2) is 0 Å². The maximum atomic E-state index is 12.7. The minimum absolute atomic E-state index is 0.173. The van der Waals surface area contributed by atoms with Gasteiger partial charge in [-0.15, -0.1) is 0 Å². The number of aromatic amines is 1. The maximum absolute atomic E-state index is 12.7. The number of hydrogen-bond donors (Lipinski definition) is 1. The van der Waals surface area contributed by atoms with Crippen LogP contribution < -0.4 is 5.56 Å². The van der Waals surface area contributed by atoms with Crippen LogP contribution in [0.25, 0.3) is 10.9 Å². The van der Waals surface area contributed by atoms with E-state index in [1.165, 1.54) is 4.68 Å². The van der Waals surface area contributed by atoms with Crippen molar-refractivity contribution in [3.05, 3.63) is 56.3 Å². The molecule has 0 atom stereocenters. The average Bonchev–Trinajstić information content (AvgIpc) is 2.78. The number of hydrogen-bond acceptors (Lipinski definition) is 4. The number of fused-ring (bicyclic) bond motifs is 1. The van der Waals surface area contributed by atoms with Gasteiger partial charge in [-0.1, -0.05) is 39.0 Å². The zero-order chi connectivity index (χ0) is 18.4. The van der Waals surface area contributed by atoms with Crippen molar-refractivity contribution >= 4 is 29.3 Å². The second-order valence-corrected chi connectivity index (χ2v) is 7.45. The van der Waals surface area contributed by atoms with Crippen molar-refractivity contribution in [1.29, 1.82) is 0 Å². The highest BCUT2D eigenvalue weighted by Crippen LogP contribution is 2.23. The van der Waals surface area contributed by atoms with Crippen molar-refractivity contribution in [2.75, 3.05) is 0 Å². The summed E-state index contributed by atoms with van der Waals surface area (Å²) >= 11 is 5.20. The number of para-hydroxylation sites is 1. The van der Waals surface area contributed by atoms with E-state index in [2.05, 4.69) is 25.9 Å². The van der Waals surface area contributed by atoms with E-state index in [0.29, 0.717) is 5.69 Å². The molecule has 1 N–H and O–H groups in total. The minimum atomic E-state index is -0.400. The van der Waals surface area contributed by atoms with E-state index < -0.39 is 5.41 Å². The number of nitrogens with one attached hydrogen (secondary N) is 1. The summed E-state index contributed by atoms with van der Waals surface area (Å²) in [6.45, 7) is 7.81. The Balaban J connectivity index is 2.18. The number of nitrogens with zero attached hydrogens (tertiary/aromatic N) is 4. The lowest BCUT2D eigenvalue weighted by Gasteiger charge is -2.16. The Kier molecular flexibility index (Phi) is 4.20. The maximum Gasteiger partial charge on any atom is 0.297 e. The number of rotatable bonds is 2. The van der Waals surface area contributed by atoms with Crippen molar-refractivity contribution in [2.45, 2.75) is 33.1 Å². The molecule has 0 aliphatic rings. The minimum Gasteiger partial charge on any atom is -0.347 e. The third-order valence-electron chi connectivity index (χ3n) is 4.31. The van der Waals surface area contributed by atoms with Gasteiger partial charge < -0.3 is 4.57 Å². The molecular weight excluding hydrogens is 334 g/mol. The quantitative estimate of drug-likeness (QED) is 0.567. The monoisotopic (exact) mass is 355 g/mol. The number of benzene rings is 1. The molecular formula is C18H21N5OS. The van der Waals surface area contributed by atoms with Crippen LogP contribution in [0.15, 0.2) is 34.2 Å². The van der Waals surface area contributed by atoms with Crippen LogP contribution in [-0.2, 0) is 12.5 Å². The molecule has 7 heteroatoms. The van der Waals surface area contributed by atoms with Gasteiger partial charge in [-0.3, -0.25) is 9.89 Å². The molecule has 0 spiro atoms. The summed E-state index contributed by atoms with van der Waals surface area (Å²) in [6, 6.07) is 8.09. The van der Waals surface area contributed by atoms with E-state index >= 15 is 0 Å². The lowest BCUT2D eigenvalue weighted by Crippen LogP contribution is -2.32. The molecule has 130 valence electrons. The van der Waals surface area contributed by atoms with Crippen LogP contribution in [-0.4, -0.2) is 25.7 Å². The number of aromatic nitrogens is 4. The van der Waals surface area contributed by atoms with E-state index in [0.717, 1.165) is 22.2 Å². The molecule has 2 heterocycles. The van der Waals surface area contributed by atoms with Gasteiger partial charge in [0.15, 0.2) is 0 Å². The van der Waals surface area contributed by atoms with Gasteiger partial charge >= 0.3 is 0 Å². The lowest BCUT2D eigenvalue weighted by atomic mass is 9.93. The number of aryl methyl sites for hydroxylation is 1. The number of H-pyrrole nitrogens is 1. The summed E-state index contributed by atoms with van der Waals surface area (Å²) < 4.78 is 3.48. The summed E-state index contributed by atoms with van der Waals surface area (Å²) in [4.78, 5) is 12.7. The van der Waals surface area contributed by atoms with Gasteiger partial charge in [-0.05, 0) is 25.2 Å². The SMILES string of the molecule is Cc1c(/C=N\n2c(=S)[nH]nc(C(C)(C)C)c2=O)c2ccccc2n1C. The Morgan fingerprint density at radius 1 is 1.28 bits per heavy atom. The highest BCUT2D eigenvalue weighted by atomic mass is 32.1. The van der Waals surface area contributed by atoms with E-state index in [1.54, 1.807) is 6.21 Å². The van der Waals surface area contributed by atoms with Crippen LogP contribution in [0.2, 0.25) is 0 Å². The molecule has 2 aromatic heterocycles. The first kappa shape index (κ1) is 17.3. The Hall–Kier alpha value is -2.54. The molecule has 6 nitrogen and oxygen atoms in total. The summed E-state index contributed by atoms with van der Waals surface area (Å²) in [5.74, 6) is 0. The zero-order valence-corrected chi connectivity index (χ0v) is 15.8. The fourth-order valence-corrected chi connectivity index (χ4v) is 2.99. The van der Waals surface area contributed by atoms with Crippen LogP contribution in [0.5, 0.6) is 0 Å². The van der Waals surface area contributed by atoms with Crippen molar-refractivity contribution in [3.8, 4) is 0 Å². The summed E-state index contributed by atoms with van der Waals surface area (Å²) in [5.41, 5.74) is 2.84. The molecule has 0 fully saturated rings. The van der Waals surface area contributed by atoms with E-state index in [1.807, 2.05) is 52.9 Å². The van der Waals surface area contributed by atoms with Crippen LogP contribution in [0.3, 0.4) is 0 Å². The second-order valence-electron chi connectivity index (χ2n) is 7.06. The summed E-state index contributed by atoms with van der Waals surface area (Å²) in [7, 11) is 2.01. The predicted molar refractivity (Wildman–Crippen MR) is 103 cm³/mol. The van der Waals surface area contributed by atoms with Crippen LogP contribution in [0.1, 0.15) is 37.7 Å². The molecule has 0 bridgehead atoms. The van der Waals surface area contributed by atoms with E-state index in [4.69, 9.17) is 12.2 Å². The Morgan fingerprint density at radius 3 is 2.64 bits per heavy atom. The molecule has 0 saturated heterocycles. The molecule has 3 aromatic rings. The Morgan fingerprint density at radius 2 is 1.96 bits per heavy atom. The van der Waals surface area contributed by atoms with Gasteiger partial charge in [0, 0.05) is 34.6 Å². The molecule has 0 radical (unpaired) electrons. The van der Waals surface area contributed by atoms with Gasteiger partial charge in [0.1, 0.15) is 5.69 Å². The second kappa shape index (κ2) is 6.07. The standard InChI is InChI=1S/C18H21N5OS/c1-11-13(12-8-6-7-9-14(12)22(11)5)10-19-23-16(24)15(18(2,3)4)20-21-17(23)25/h6-10H,1-5H3,(H,21,25)/b19-10-. The smallest absolute Gasteiger partial charge is 0.297 e. The van der Waals surface area contributed by atoms with Crippen molar-refractivity contribution in [1.82, 2.24) is 19.4 Å². The molecule has 0 aliphatic heterocycles. The first-order valence-corrected chi connectivity index (χ1v) is 8.43. The topological polar surface area (TPSA) is 68.0 Å². The fourth-order valence-electron chi connectivity index (χ4n) is 2.81. The van der Waals surface area contributed by atoms with Crippen LogP contribution in [0, 0.1) is 11.7 Å². The Labute approximate surface area is 150 Å². The molecule has 3 rings (SSSR count).